The normalized spacial score (nSPS) is 10.0. The van der Waals surface area contributed by atoms with Gasteiger partial charge in [-0.1, -0.05) is 66.2 Å². The second-order valence-electron chi connectivity index (χ2n) is 4.83. The summed E-state index contributed by atoms with van der Waals surface area (Å²) in [5.74, 6) is 0. The van der Waals surface area contributed by atoms with Gasteiger partial charge < -0.3 is 10.6 Å². The second-order valence-corrected chi connectivity index (χ2v) is 4.83. The highest BCUT2D eigenvalue weighted by Crippen LogP contribution is 1.98. The fraction of sp³-hybridized carbons (Fsp3) is 1.00. The van der Waals surface area contributed by atoms with Crippen molar-refractivity contribution in [2.24, 2.45) is 0 Å². The van der Waals surface area contributed by atoms with Gasteiger partial charge >= 0.3 is 0 Å². The minimum absolute atomic E-state index is 1.09. The van der Waals surface area contributed by atoms with E-state index in [0.717, 1.165) is 13.1 Å². The fourth-order valence-electron chi connectivity index (χ4n) is 1.73. The van der Waals surface area contributed by atoms with E-state index in [0.29, 0.717) is 0 Å². The zero-order valence-corrected chi connectivity index (χ0v) is 13.5. The van der Waals surface area contributed by atoms with Crippen LogP contribution >= 0.6 is 0 Å². The molecule has 0 aliphatic heterocycles. The molecule has 2 heteroatoms. The summed E-state index contributed by atoms with van der Waals surface area (Å²) in [7, 11) is 0. The molecule has 0 amide bonds. The molecular formula is C16H38N2. The van der Waals surface area contributed by atoms with E-state index >= 15 is 0 Å². The van der Waals surface area contributed by atoms with Crippen molar-refractivity contribution >= 4 is 0 Å². The van der Waals surface area contributed by atoms with Gasteiger partial charge in [-0.3, -0.25) is 0 Å². The Morgan fingerprint density at radius 1 is 0.500 bits per heavy atom. The van der Waals surface area contributed by atoms with Crippen molar-refractivity contribution in [3.63, 3.8) is 0 Å². The lowest BCUT2D eigenvalue weighted by Crippen LogP contribution is -2.16. The minimum atomic E-state index is 1.09. The maximum absolute atomic E-state index is 3.50. The van der Waals surface area contributed by atoms with Gasteiger partial charge in [0.2, 0.25) is 0 Å². The smallest absolute Gasteiger partial charge is 0.00489 e. The van der Waals surface area contributed by atoms with Crippen LogP contribution in [0.4, 0.5) is 0 Å². The molecule has 112 valence electrons. The molecule has 18 heavy (non-hydrogen) atoms. The molecule has 0 atom stereocenters. The lowest BCUT2D eigenvalue weighted by Gasteiger charge is -2.03. The van der Waals surface area contributed by atoms with Crippen LogP contribution in [0.2, 0.25) is 0 Å². The quantitative estimate of drug-likeness (QED) is 0.508. The predicted molar refractivity (Wildman–Crippen MR) is 85.4 cm³/mol. The molecule has 2 N–H and O–H groups in total. The Morgan fingerprint density at radius 3 is 1.22 bits per heavy atom. The topological polar surface area (TPSA) is 24.1 Å². The van der Waals surface area contributed by atoms with Crippen LogP contribution in [0.1, 0.15) is 79.1 Å². The summed E-state index contributed by atoms with van der Waals surface area (Å²) >= 11 is 0. The van der Waals surface area contributed by atoms with Crippen molar-refractivity contribution in [1.29, 1.82) is 0 Å². The lowest BCUT2D eigenvalue weighted by molar-refractivity contribution is 0.564. The van der Waals surface area contributed by atoms with Gasteiger partial charge in [0.15, 0.2) is 0 Å². The molecule has 0 radical (unpaired) electrons. The van der Waals surface area contributed by atoms with Crippen molar-refractivity contribution in [3.8, 4) is 0 Å². The largest absolute Gasteiger partial charge is 0.317 e. The summed E-state index contributed by atoms with van der Waals surface area (Å²) < 4.78 is 0. The van der Waals surface area contributed by atoms with Crippen LogP contribution in [0, 0.1) is 0 Å². The Hall–Kier alpha value is -0.0800. The van der Waals surface area contributed by atoms with E-state index in [9.17, 15) is 0 Å². The Kier molecular flexibility index (Phi) is 24.9. The van der Waals surface area contributed by atoms with Crippen molar-refractivity contribution in [2.45, 2.75) is 79.1 Å². The van der Waals surface area contributed by atoms with Crippen LogP contribution in [0.15, 0.2) is 0 Å². The van der Waals surface area contributed by atoms with E-state index in [1.54, 1.807) is 0 Å². The molecule has 0 saturated heterocycles. The second kappa shape index (κ2) is 22.1. The summed E-state index contributed by atoms with van der Waals surface area (Å²) in [4.78, 5) is 0. The standard InChI is InChI=1S/C12H27N.C4H11N/c1-3-5-7-9-11-13-12-10-8-6-4-2;1-3-5-4-2/h13H,3-12H2,1-2H3;5H,3-4H2,1-2H3. The predicted octanol–water partition coefficient (Wildman–Crippen LogP) is 4.35. The Bertz CT molecular complexity index is 104. The van der Waals surface area contributed by atoms with Gasteiger partial charge in [-0.2, -0.15) is 0 Å². The maximum atomic E-state index is 3.50. The molecule has 2 nitrogen and oxygen atoms in total. The number of nitrogens with one attached hydrogen (secondary N) is 2. The zero-order valence-electron chi connectivity index (χ0n) is 13.5. The maximum Gasteiger partial charge on any atom is -0.00489 e. The third kappa shape index (κ3) is 24.9. The van der Waals surface area contributed by atoms with Crippen LogP contribution in [-0.4, -0.2) is 26.2 Å². The number of hydrogen-bond acceptors (Lipinski definition) is 2. The first-order chi connectivity index (χ1) is 8.83. The fourth-order valence-corrected chi connectivity index (χ4v) is 1.73. The van der Waals surface area contributed by atoms with Crippen molar-refractivity contribution < 1.29 is 0 Å². The number of hydrogen-bond donors (Lipinski definition) is 2. The highest BCUT2D eigenvalue weighted by molar-refractivity contribution is 4.49. The zero-order chi connectivity index (χ0) is 13.9. The molecule has 0 heterocycles. The first kappa shape index (κ1) is 20.2. The number of rotatable bonds is 12. The highest BCUT2D eigenvalue weighted by atomic mass is 14.8. The van der Waals surface area contributed by atoms with Crippen LogP contribution < -0.4 is 10.6 Å². The molecule has 0 aliphatic rings. The molecule has 0 saturated carbocycles. The van der Waals surface area contributed by atoms with Crippen molar-refractivity contribution in [1.82, 2.24) is 10.6 Å². The lowest BCUT2D eigenvalue weighted by atomic mass is 10.2. The molecule has 0 aromatic carbocycles. The van der Waals surface area contributed by atoms with E-state index < -0.39 is 0 Å². The molecular weight excluding hydrogens is 220 g/mol. The van der Waals surface area contributed by atoms with E-state index in [1.165, 1.54) is 64.5 Å². The van der Waals surface area contributed by atoms with Crippen LogP contribution in [-0.2, 0) is 0 Å². The van der Waals surface area contributed by atoms with E-state index in [2.05, 4.69) is 38.3 Å². The van der Waals surface area contributed by atoms with Crippen molar-refractivity contribution in [2.75, 3.05) is 26.2 Å². The molecule has 0 spiro atoms. The molecule has 0 aromatic heterocycles. The third-order valence-corrected chi connectivity index (χ3v) is 2.91. The summed E-state index contributed by atoms with van der Waals surface area (Å²) in [6.07, 6.45) is 11.0. The van der Waals surface area contributed by atoms with Crippen LogP contribution in [0.5, 0.6) is 0 Å². The van der Waals surface area contributed by atoms with Gasteiger partial charge in [-0.05, 0) is 39.0 Å². The van der Waals surface area contributed by atoms with E-state index in [1.807, 2.05) is 0 Å². The number of unbranched alkanes of at least 4 members (excludes halogenated alkanes) is 6. The average molecular weight is 258 g/mol. The minimum Gasteiger partial charge on any atom is -0.317 e. The van der Waals surface area contributed by atoms with Crippen LogP contribution in [0.3, 0.4) is 0 Å². The van der Waals surface area contributed by atoms with Gasteiger partial charge in [-0.15, -0.1) is 0 Å². The van der Waals surface area contributed by atoms with Crippen LogP contribution in [0.25, 0.3) is 0 Å². The Morgan fingerprint density at radius 2 is 0.944 bits per heavy atom. The first-order valence-electron chi connectivity index (χ1n) is 8.24. The Balaban J connectivity index is 0. The molecule has 0 fully saturated rings. The van der Waals surface area contributed by atoms with Gasteiger partial charge in [0.05, 0.1) is 0 Å². The molecule has 0 bridgehead atoms. The summed E-state index contributed by atoms with van der Waals surface area (Å²) in [5, 5.41) is 6.61. The average Bonchev–Trinajstić information content (AvgIpc) is 2.39. The van der Waals surface area contributed by atoms with Gasteiger partial charge in [0.1, 0.15) is 0 Å². The van der Waals surface area contributed by atoms with E-state index in [4.69, 9.17) is 0 Å². The first-order valence-corrected chi connectivity index (χ1v) is 8.24. The summed E-state index contributed by atoms with van der Waals surface area (Å²) in [6, 6.07) is 0. The van der Waals surface area contributed by atoms with Crippen molar-refractivity contribution in [3.05, 3.63) is 0 Å². The third-order valence-electron chi connectivity index (χ3n) is 2.91. The summed E-state index contributed by atoms with van der Waals surface area (Å²) in [6.45, 7) is 13.4. The molecule has 0 aromatic rings. The molecule has 0 unspecified atom stereocenters. The highest BCUT2D eigenvalue weighted by Gasteiger charge is 1.89. The Labute approximate surface area is 116 Å². The SMILES string of the molecule is CCCCCCNCCCCCC.CCNCC. The molecule has 0 rings (SSSR count). The molecule has 0 aliphatic carbocycles. The summed E-state index contributed by atoms with van der Waals surface area (Å²) in [5.41, 5.74) is 0. The monoisotopic (exact) mass is 258 g/mol. The van der Waals surface area contributed by atoms with Gasteiger partial charge in [0.25, 0.3) is 0 Å². The van der Waals surface area contributed by atoms with Gasteiger partial charge in [-0.25, -0.2) is 0 Å². The van der Waals surface area contributed by atoms with E-state index in [-0.39, 0.29) is 0 Å². The van der Waals surface area contributed by atoms with Gasteiger partial charge in [0, 0.05) is 0 Å².